The third kappa shape index (κ3) is 3.54. The van der Waals surface area contributed by atoms with Gasteiger partial charge < -0.3 is 19.9 Å². The highest BCUT2D eigenvalue weighted by Gasteiger charge is 2.29. The Bertz CT molecular complexity index is 685. The lowest BCUT2D eigenvalue weighted by molar-refractivity contribution is -0.134. The van der Waals surface area contributed by atoms with Gasteiger partial charge in [-0.1, -0.05) is 23.4 Å². The Hall–Kier alpha value is -2.32. The number of morpholine rings is 1. The lowest BCUT2D eigenvalue weighted by Crippen LogP contribution is -2.48. The van der Waals surface area contributed by atoms with Crippen molar-refractivity contribution in [1.82, 2.24) is 20.8 Å². The Balaban J connectivity index is 1.86. The number of aryl methyl sites for hydroxylation is 1. The molecule has 8 heteroatoms. The molecule has 0 radical (unpaired) electrons. The third-order valence-corrected chi connectivity index (χ3v) is 3.52. The molecule has 3 rings (SSSR count). The van der Waals surface area contributed by atoms with Crippen molar-refractivity contribution < 1.29 is 18.4 Å². The number of nitrogens with one attached hydrogen (secondary N) is 2. The van der Waals surface area contributed by atoms with E-state index in [0.717, 1.165) is 0 Å². The number of carbonyl (C=O) groups excluding carboxylic acids is 1. The van der Waals surface area contributed by atoms with Crippen LogP contribution in [-0.4, -0.2) is 41.8 Å². The zero-order valence-corrected chi connectivity index (χ0v) is 12.6. The molecule has 1 fully saturated rings. The van der Waals surface area contributed by atoms with Gasteiger partial charge in [0.25, 0.3) is 5.91 Å². The molecule has 1 amide bonds. The van der Waals surface area contributed by atoms with Crippen molar-refractivity contribution in [2.24, 2.45) is 0 Å². The number of carbonyl (C=O) groups is 1. The van der Waals surface area contributed by atoms with Gasteiger partial charge in [0.05, 0.1) is 6.61 Å². The minimum absolute atomic E-state index is 0.199. The highest BCUT2D eigenvalue weighted by Crippen LogP contribution is 2.22. The highest BCUT2D eigenvalue weighted by molar-refractivity contribution is 5.82. The maximum absolute atomic E-state index is 14.1. The van der Waals surface area contributed by atoms with E-state index in [1.54, 1.807) is 25.1 Å². The normalized spacial score (nSPS) is 19.3. The molecule has 1 aromatic carbocycles. The van der Waals surface area contributed by atoms with Crippen molar-refractivity contribution in [3.05, 3.63) is 47.4 Å². The van der Waals surface area contributed by atoms with Gasteiger partial charge in [-0.25, -0.2) is 4.39 Å². The Morgan fingerprint density at radius 3 is 2.96 bits per heavy atom. The molecular weight excluding hydrogens is 303 g/mol. The van der Waals surface area contributed by atoms with Crippen LogP contribution >= 0.6 is 0 Å². The van der Waals surface area contributed by atoms with E-state index in [1.165, 1.54) is 6.07 Å². The van der Waals surface area contributed by atoms with Gasteiger partial charge in [-0.2, -0.15) is 4.98 Å². The highest BCUT2D eigenvalue weighted by atomic mass is 19.1. The molecule has 1 aromatic heterocycles. The molecule has 0 aliphatic carbocycles. The van der Waals surface area contributed by atoms with Crippen molar-refractivity contribution in [2.45, 2.75) is 19.1 Å². The van der Waals surface area contributed by atoms with Crippen LogP contribution in [0.3, 0.4) is 0 Å². The molecule has 2 atom stereocenters. The SMILES string of the molecule is Cc1nc([C@H](NC(=O)[C@H]2CNCCO2)c2ccccc2F)no1. The van der Waals surface area contributed by atoms with Crippen LogP contribution in [0.2, 0.25) is 0 Å². The summed E-state index contributed by atoms with van der Waals surface area (Å²) in [4.78, 5) is 16.5. The maximum atomic E-state index is 14.1. The summed E-state index contributed by atoms with van der Waals surface area (Å²) in [5.74, 6) is -0.272. The topological polar surface area (TPSA) is 89.3 Å². The molecule has 1 aliphatic heterocycles. The van der Waals surface area contributed by atoms with Crippen LogP contribution < -0.4 is 10.6 Å². The predicted molar refractivity (Wildman–Crippen MR) is 78.0 cm³/mol. The first kappa shape index (κ1) is 15.6. The van der Waals surface area contributed by atoms with Crippen molar-refractivity contribution >= 4 is 5.91 Å². The standard InChI is InChI=1S/C15H17FN4O3/c1-9-18-14(20-23-9)13(10-4-2-3-5-11(10)16)19-15(21)12-8-17-6-7-22-12/h2-5,12-13,17H,6-8H2,1H3,(H,19,21)/t12-,13-/m1/s1. The van der Waals surface area contributed by atoms with Crippen LogP contribution in [0.1, 0.15) is 23.3 Å². The molecule has 1 saturated heterocycles. The van der Waals surface area contributed by atoms with Gasteiger partial charge in [0.1, 0.15) is 18.0 Å². The van der Waals surface area contributed by atoms with Crippen molar-refractivity contribution in [3.63, 3.8) is 0 Å². The maximum Gasteiger partial charge on any atom is 0.251 e. The number of hydrogen-bond donors (Lipinski definition) is 2. The Morgan fingerprint density at radius 2 is 2.30 bits per heavy atom. The van der Waals surface area contributed by atoms with E-state index >= 15 is 0 Å². The molecule has 2 heterocycles. The average Bonchev–Trinajstić information content (AvgIpc) is 3.00. The second-order valence-electron chi connectivity index (χ2n) is 5.20. The quantitative estimate of drug-likeness (QED) is 0.862. The van der Waals surface area contributed by atoms with Gasteiger partial charge >= 0.3 is 0 Å². The molecule has 2 N–H and O–H groups in total. The average molecular weight is 320 g/mol. The van der Waals surface area contributed by atoms with E-state index in [1.807, 2.05) is 0 Å². The van der Waals surface area contributed by atoms with E-state index in [9.17, 15) is 9.18 Å². The summed E-state index contributed by atoms with van der Waals surface area (Å²) in [5.41, 5.74) is 0.269. The fraction of sp³-hybridized carbons (Fsp3) is 0.400. The van der Waals surface area contributed by atoms with Gasteiger partial charge in [-0.15, -0.1) is 0 Å². The summed E-state index contributed by atoms with van der Waals surface area (Å²) in [6.45, 7) is 3.18. The number of halogens is 1. The van der Waals surface area contributed by atoms with Gasteiger partial charge in [0.2, 0.25) is 5.89 Å². The van der Waals surface area contributed by atoms with E-state index in [4.69, 9.17) is 9.26 Å². The molecule has 0 spiro atoms. The van der Waals surface area contributed by atoms with E-state index in [2.05, 4.69) is 20.8 Å². The Labute approximate surface area is 132 Å². The summed E-state index contributed by atoms with van der Waals surface area (Å²) >= 11 is 0. The molecule has 0 unspecified atom stereocenters. The number of amides is 1. The second-order valence-corrected chi connectivity index (χ2v) is 5.20. The molecule has 23 heavy (non-hydrogen) atoms. The molecular formula is C15H17FN4O3. The summed E-state index contributed by atoms with van der Waals surface area (Å²) in [7, 11) is 0. The van der Waals surface area contributed by atoms with Gasteiger partial charge in [0.15, 0.2) is 5.82 Å². The first-order valence-corrected chi connectivity index (χ1v) is 7.32. The summed E-state index contributed by atoms with van der Waals surface area (Å²) in [6, 6.07) is 5.31. The van der Waals surface area contributed by atoms with Crippen molar-refractivity contribution in [3.8, 4) is 0 Å². The molecule has 1 aliphatic rings. The second kappa shape index (κ2) is 6.84. The largest absolute Gasteiger partial charge is 0.366 e. The van der Waals surface area contributed by atoms with Crippen LogP contribution in [0, 0.1) is 12.7 Å². The Kier molecular flexibility index (Phi) is 4.63. The zero-order valence-electron chi connectivity index (χ0n) is 12.6. The van der Waals surface area contributed by atoms with E-state index in [0.29, 0.717) is 25.6 Å². The van der Waals surface area contributed by atoms with E-state index in [-0.39, 0.29) is 17.3 Å². The number of benzene rings is 1. The summed E-state index contributed by atoms with van der Waals surface area (Å²) in [6.07, 6.45) is -0.633. The van der Waals surface area contributed by atoms with Crippen LogP contribution in [0.15, 0.2) is 28.8 Å². The molecule has 122 valence electrons. The van der Waals surface area contributed by atoms with E-state index < -0.39 is 18.0 Å². The minimum atomic E-state index is -0.841. The first-order chi connectivity index (χ1) is 11.1. The van der Waals surface area contributed by atoms with Crippen LogP contribution in [0.4, 0.5) is 4.39 Å². The zero-order chi connectivity index (χ0) is 16.2. The third-order valence-electron chi connectivity index (χ3n) is 3.52. The fourth-order valence-electron chi connectivity index (χ4n) is 2.39. The minimum Gasteiger partial charge on any atom is -0.366 e. The number of ether oxygens (including phenoxy) is 1. The fourth-order valence-corrected chi connectivity index (χ4v) is 2.39. The van der Waals surface area contributed by atoms with Crippen molar-refractivity contribution in [1.29, 1.82) is 0 Å². The monoisotopic (exact) mass is 320 g/mol. The summed E-state index contributed by atoms with van der Waals surface area (Å²) in [5, 5.41) is 9.63. The molecule has 2 aromatic rings. The Morgan fingerprint density at radius 1 is 1.48 bits per heavy atom. The molecule has 0 bridgehead atoms. The lowest BCUT2D eigenvalue weighted by Gasteiger charge is -2.25. The molecule has 7 nitrogen and oxygen atoms in total. The number of hydrogen-bond acceptors (Lipinski definition) is 6. The lowest BCUT2D eigenvalue weighted by atomic mass is 10.0. The van der Waals surface area contributed by atoms with Gasteiger partial charge in [0, 0.05) is 25.6 Å². The number of rotatable bonds is 4. The van der Waals surface area contributed by atoms with Crippen molar-refractivity contribution in [2.75, 3.05) is 19.7 Å². The smallest absolute Gasteiger partial charge is 0.251 e. The summed E-state index contributed by atoms with van der Waals surface area (Å²) < 4.78 is 24.5. The molecule has 0 saturated carbocycles. The first-order valence-electron chi connectivity index (χ1n) is 7.32. The predicted octanol–water partition coefficient (Wildman–Crippen LogP) is 0.711. The number of aromatic nitrogens is 2. The number of nitrogens with zero attached hydrogens (tertiary/aromatic N) is 2. The van der Waals surface area contributed by atoms with Crippen LogP contribution in [0.5, 0.6) is 0 Å². The van der Waals surface area contributed by atoms with Gasteiger partial charge in [-0.3, -0.25) is 4.79 Å². The van der Waals surface area contributed by atoms with Crippen LogP contribution in [-0.2, 0) is 9.53 Å². The van der Waals surface area contributed by atoms with Crippen LogP contribution in [0.25, 0.3) is 0 Å². The van der Waals surface area contributed by atoms with Gasteiger partial charge in [-0.05, 0) is 6.07 Å².